The third kappa shape index (κ3) is 4.56. The van der Waals surface area contributed by atoms with Crippen molar-refractivity contribution in [2.75, 3.05) is 20.2 Å². The number of nitrogens with two attached hydrogens (primary N) is 1. The van der Waals surface area contributed by atoms with E-state index in [-0.39, 0.29) is 24.4 Å². The van der Waals surface area contributed by atoms with Gasteiger partial charge in [-0.1, -0.05) is 19.1 Å². The van der Waals surface area contributed by atoms with Crippen LogP contribution in [0, 0.1) is 5.92 Å². The molecule has 2 aromatic rings. The summed E-state index contributed by atoms with van der Waals surface area (Å²) in [6.07, 6.45) is 5.47. The van der Waals surface area contributed by atoms with E-state index in [1.165, 1.54) is 0 Å². The number of hydrogen-bond donors (Lipinski definition) is 1. The van der Waals surface area contributed by atoms with Gasteiger partial charge >= 0.3 is 0 Å². The van der Waals surface area contributed by atoms with Crippen LogP contribution in [0.5, 0.6) is 5.75 Å². The quantitative estimate of drug-likeness (QED) is 0.867. The topological polar surface area (TPSA) is 73.4 Å². The first-order chi connectivity index (χ1) is 12.1. The molecule has 0 bridgehead atoms. The van der Waals surface area contributed by atoms with Gasteiger partial charge < -0.3 is 15.4 Å². The van der Waals surface area contributed by atoms with Crippen LogP contribution in [0.4, 0.5) is 0 Å². The Hall–Kier alpha value is -2.05. The van der Waals surface area contributed by atoms with Crippen LogP contribution >= 0.6 is 12.4 Å². The lowest BCUT2D eigenvalue weighted by Crippen LogP contribution is -2.49. The van der Waals surface area contributed by atoms with Crippen LogP contribution in [0.25, 0.3) is 0 Å². The van der Waals surface area contributed by atoms with Crippen LogP contribution in [0.1, 0.15) is 35.7 Å². The Balaban J connectivity index is 0.00000243. The molecule has 0 spiro atoms. The minimum atomic E-state index is 0. The number of benzene rings is 1. The molecule has 26 heavy (non-hydrogen) atoms. The molecule has 2 heterocycles. The zero-order valence-corrected chi connectivity index (χ0v) is 16.1. The molecule has 1 aliphatic rings. The number of likely N-dealkylation sites (tertiary alicyclic amines) is 1. The van der Waals surface area contributed by atoms with Crippen molar-refractivity contribution in [3.05, 3.63) is 47.8 Å². The van der Waals surface area contributed by atoms with Gasteiger partial charge in [0.2, 0.25) is 0 Å². The van der Waals surface area contributed by atoms with Crippen LogP contribution in [-0.2, 0) is 6.54 Å². The fourth-order valence-corrected chi connectivity index (χ4v) is 3.39. The number of ether oxygens (including phenoxy) is 1. The van der Waals surface area contributed by atoms with E-state index in [1.807, 2.05) is 35.4 Å². The summed E-state index contributed by atoms with van der Waals surface area (Å²) < 4.78 is 6.96. The predicted molar refractivity (Wildman–Crippen MR) is 104 cm³/mol. The normalized spacial score (nSPS) is 19.7. The molecule has 1 saturated heterocycles. The number of rotatable bonds is 5. The molecule has 0 radical (unpaired) electrons. The average Bonchev–Trinajstić information content (AvgIpc) is 3.10. The summed E-state index contributed by atoms with van der Waals surface area (Å²) in [5.74, 6) is 1.48. The number of amides is 1. The van der Waals surface area contributed by atoms with Crippen molar-refractivity contribution in [1.29, 1.82) is 0 Å². The second-order valence-electron chi connectivity index (χ2n) is 6.79. The van der Waals surface area contributed by atoms with Crippen molar-refractivity contribution >= 4 is 18.3 Å². The van der Waals surface area contributed by atoms with E-state index in [2.05, 4.69) is 12.0 Å². The van der Waals surface area contributed by atoms with Crippen molar-refractivity contribution in [2.24, 2.45) is 11.7 Å². The summed E-state index contributed by atoms with van der Waals surface area (Å²) in [6.45, 7) is 4.12. The van der Waals surface area contributed by atoms with Gasteiger partial charge in [0.15, 0.2) is 0 Å². The minimum Gasteiger partial charge on any atom is -0.497 e. The number of nitrogens with zero attached hydrogens (tertiary/aromatic N) is 3. The highest BCUT2D eigenvalue weighted by Crippen LogP contribution is 2.23. The van der Waals surface area contributed by atoms with E-state index in [4.69, 9.17) is 10.5 Å². The van der Waals surface area contributed by atoms with Crippen molar-refractivity contribution in [1.82, 2.24) is 14.7 Å². The third-order valence-corrected chi connectivity index (χ3v) is 4.89. The summed E-state index contributed by atoms with van der Waals surface area (Å²) >= 11 is 0. The SMILES string of the molecule is COc1ccc(Cn2cc(C(=O)N3CCC(C)CC3CN)cn2)cc1.Cl. The van der Waals surface area contributed by atoms with Crippen molar-refractivity contribution < 1.29 is 9.53 Å². The summed E-state index contributed by atoms with van der Waals surface area (Å²) in [5, 5.41) is 4.34. The Kier molecular flexibility index (Phi) is 7.06. The zero-order chi connectivity index (χ0) is 17.8. The summed E-state index contributed by atoms with van der Waals surface area (Å²) in [4.78, 5) is 14.7. The number of carbonyl (C=O) groups is 1. The number of carbonyl (C=O) groups excluding carboxylic acids is 1. The first-order valence-electron chi connectivity index (χ1n) is 8.77. The van der Waals surface area contributed by atoms with Gasteiger partial charge in [-0.15, -0.1) is 12.4 Å². The Morgan fingerprint density at radius 1 is 1.35 bits per heavy atom. The first kappa shape index (κ1) is 20.3. The molecule has 1 aliphatic heterocycles. The van der Waals surface area contributed by atoms with Crippen molar-refractivity contribution in [3.63, 3.8) is 0 Å². The molecule has 1 amide bonds. The standard InChI is InChI=1S/C19H26N4O2.ClH/c1-14-7-8-23(17(9-14)10-20)19(24)16-11-21-22(13-16)12-15-3-5-18(25-2)6-4-15;/h3-6,11,13-14,17H,7-10,12,20H2,1-2H3;1H. The molecule has 2 unspecified atom stereocenters. The molecule has 7 heteroatoms. The lowest BCUT2D eigenvalue weighted by molar-refractivity contribution is 0.0573. The second-order valence-corrected chi connectivity index (χ2v) is 6.79. The van der Waals surface area contributed by atoms with Gasteiger partial charge in [-0.3, -0.25) is 9.48 Å². The lowest BCUT2D eigenvalue weighted by atomic mass is 9.92. The van der Waals surface area contributed by atoms with E-state index >= 15 is 0 Å². The van der Waals surface area contributed by atoms with Crippen LogP contribution in [0.2, 0.25) is 0 Å². The molecular formula is C19H27ClN4O2. The average molecular weight is 379 g/mol. The van der Waals surface area contributed by atoms with E-state index in [9.17, 15) is 4.79 Å². The maximum absolute atomic E-state index is 12.8. The monoisotopic (exact) mass is 378 g/mol. The van der Waals surface area contributed by atoms with Crippen LogP contribution in [-0.4, -0.2) is 46.8 Å². The van der Waals surface area contributed by atoms with Gasteiger partial charge in [-0.25, -0.2) is 0 Å². The molecule has 3 rings (SSSR count). The van der Waals surface area contributed by atoms with Gasteiger partial charge in [-0.05, 0) is 36.5 Å². The lowest BCUT2D eigenvalue weighted by Gasteiger charge is -2.37. The molecule has 1 aromatic heterocycles. The molecular weight excluding hydrogens is 352 g/mol. The Morgan fingerprint density at radius 2 is 2.08 bits per heavy atom. The van der Waals surface area contributed by atoms with Crippen molar-refractivity contribution in [3.8, 4) is 5.75 Å². The van der Waals surface area contributed by atoms with E-state index < -0.39 is 0 Å². The van der Waals surface area contributed by atoms with Crippen LogP contribution in [0.15, 0.2) is 36.7 Å². The molecule has 1 aromatic carbocycles. The third-order valence-electron chi connectivity index (χ3n) is 4.89. The highest BCUT2D eigenvalue weighted by Gasteiger charge is 2.30. The second kappa shape index (κ2) is 9.05. The Labute approximate surface area is 160 Å². The van der Waals surface area contributed by atoms with Crippen LogP contribution in [0.3, 0.4) is 0 Å². The van der Waals surface area contributed by atoms with Gasteiger partial charge in [0.05, 0.1) is 25.4 Å². The molecule has 6 nitrogen and oxygen atoms in total. The predicted octanol–water partition coefficient (Wildman–Crippen LogP) is 2.56. The number of aromatic nitrogens is 2. The highest BCUT2D eigenvalue weighted by atomic mass is 35.5. The van der Waals surface area contributed by atoms with E-state index in [1.54, 1.807) is 18.0 Å². The summed E-state index contributed by atoms with van der Waals surface area (Å²) in [6, 6.07) is 7.97. The molecule has 142 valence electrons. The Bertz CT molecular complexity index is 717. The van der Waals surface area contributed by atoms with E-state index in [0.29, 0.717) is 24.6 Å². The first-order valence-corrected chi connectivity index (χ1v) is 8.77. The number of halogens is 1. The molecule has 0 saturated carbocycles. The van der Waals surface area contributed by atoms with Crippen molar-refractivity contribution in [2.45, 2.75) is 32.4 Å². The smallest absolute Gasteiger partial charge is 0.257 e. The van der Waals surface area contributed by atoms with Gasteiger partial charge in [0, 0.05) is 25.3 Å². The van der Waals surface area contributed by atoms with Crippen LogP contribution < -0.4 is 10.5 Å². The largest absolute Gasteiger partial charge is 0.497 e. The number of piperidine rings is 1. The summed E-state index contributed by atoms with van der Waals surface area (Å²) in [5.41, 5.74) is 7.61. The fraction of sp³-hybridized carbons (Fsp3) is 0.474. The van der Waals surface area contributed by atoms with Gasteiger partial charge in [0.1, 0.15) is 5.75 Å². The fourth-order valence-electron chi connectivity index (χ4n) is 3.39. The number of methoxy groups -OCH3 is 1. The molecule has 0 aliphatic carbocycles. The number of hydrogen-bond acceptors (Lipinski definition) is 4. The zero-order valence-electron chi connectivity index (χ0n) is 15.3. The molecule has 2 N–H and O–H groups in total. The maximum atomic E-state index is 12.8. The Morgan fingerprint density at radius 3 is 2.73 bits per heavy atom. The van der Waals surface area contributed by atoms with Gasteiger partial charge in [-0.2, -0.15) is 5.10 Å². The summed E-state index contributed by atoms with van der Waals surface area (Å²) in [7, 11) is 1.65. The minimum absolute atomic E-state index is 0. The molecule has 1 fully saturated rings. The molecule has 2 atom stereocenters. The maximum Gasteiger partial charge on any atom is 0.257 e. The van der Waals surface area contributed by atoms with E-state index in [0.717, 1.165) is 30.7 Å². The highest BCUT2D eigenvalue weighted by molar-refractivity contribution is 5.94. The van der Waals surface area contributed by atoms with Gasteiger partial charge in [0.25, 0.3) is 5.91 Å².